The van der Waals surface area contributed by atoms with E-state index in [-0.39, 0.29) is 11.6 Å². The largest absolute Gasteiger partial charge is 0.300 e. The summed E-state index contributed by atoms with van der Waals surface area (Å²) in [4.78, 5) is 18.9. The molecule has 0 aliphatic heterocycles. The van der Waals surface area contributed by atoms with Gasteiger partial charge in [0.15, 0.2) is 4.96 Å². The van der Waals surface area contributed by atoms with Crippen LogP contribution in [0.3, 0.4) is 0 Å². The zero-order chi connectivity index (χ0) is 18.2. The van der Waals surface area contributed by atoms with Gasteiger partial charge in [-0.05, 0) is 47.4 Å². The first kappa shape index (κ1) is 16.9. The van der Waals surface area contributed by atoms with Gasteiger partial charge in [0.1, 0.15) is 0 Å². The smallest absolute Gasteiger partial charge is 0.258 e. The first-order valence-corrected chi connectivity index (χ1v) is 10.9. The highest BCUT2D eigenvalue weighted by molar-refractivity contribution is 7.15. The maximum Gasteiger partial charge on any atom is 0.258 e. The summed E-state index contributed by atoms with van der Waals surface area (Å²) in [5.41, 5.74) is 5.01. The highest BCUT2D eigenvalue weighted by Crippen LogP contribution is 2.30. The second-order valence-corrected chi connectivity index (χ2v) is 8.70. The fourth-order valence-corrected chi connectivity index (χ4v) is 5.36. The van der Waals surface area contributed by atoms with Crippen molar-refractivity contribution in [1.29, 1.82) is 0 Å². The number of fused-ring (bicyclic) bond motifs is 2. The van der Waals surface area contributed by atoms with E-state index in [0.29, 0.717) is 6.54 Å². The lowest BCUT2D eigenvalue weighted by Gasteiger charge is -2.19. The number of aromatic nitrogens is 2. The molecule has 0 fully saturated rings. The van der Waals surface area contributed by atoms with Gasteiger partial charge in [-0.15, -0.1) is 22.7 Å². The monoisotopic (exact) mass is 393 g/mol. The van der Waals surface area contributed by atoms with Gasteiger partial charge in [-0.2, -0.15) is 0 Å². The van der Waals surface area contributed by atoms with Crippen molar-refractivity contribution in [2.75, 3.05) is 0 Å². The predicted molar refractivity (Wildman–Crippen MR) is 111 cm³/mol. The molecule has 27 heavy (non-hydrogen) atoms. The van der Waals surface area contributed by atoms with Crippen LogP contribution in [0.4, 0.5) is 0 Å². The Morgan fingerprint density at radius 3 is 2.93 bits per heavy atom. The van der Waals surface area contributed by atoms with Gasteiger partial charge in [0.05, 0.1) is 11.7 Å². The van der Waals surface area contributed by atoms with Crippen LogP contribution in [0.5, 0.6) is 0 Å². The second-order valence-electron chi connectivity index (χ2n) is 6.85. The highest BCUT2D eigenvalue weighted by Gasteiger charge is 2.19. The number of thiazole rings is 1. The lowest BCUT2D eigenvalue weighted by atomic mass is 10.00. The Balaban J connectivity index is 1.45. The third-order valence-electron chi connectivity index (χ3n) is 5.13. The summed E-state index contributed by atoms with van der Waals surface area (Å²) < 4.78 is 1.59. The lowest BCUT2D eigenvalue weighted by Crippen LogP contribution is -2.23. The first-order chi connectivity index (χ1) is 13.3. The molecule has 5 rings (SSSR count). The van der Waals surface area contributed by atoms with Gasteiger partial charge >= 0.3 is 0 Å². The van der Waals surface area contributed by atoms with Gasteiger partial charge in [0.25, 0.3) is 5.56 Å². The van der Waals surface area contributed by atoms with Crippen LogP contribution in [-0.4, -0.2) is 9.38 Å². The van der Waals surface area contributed by atoms with Crippen LogP contribution in [0, 0.1) is 0 Å². The van der Waals surface area contributed by atoms with Crippen molar-refractivity contribution in [3.8, 4) is 0 Å². The third kappa shape index (κ3) is 3.25. The van der Waals surface area contributed by atoms with Crippen molar-refractivity contribution in [2.45, 2.75) is 31.8 Å². The third-order valence-corrected chi connectivity index (χ3v) is 6.82. The number of hydrogen-bond donors (Lipinski definition) is 1. The molecule has 3 heterocycles. The van der Waals surface area contributed by atoms with Crippen molar-refractivity contribution in [3.63, 3.8) is 0 Å². The van der Waals surface area contributed by atoms with Crippen molar-refractivity contribution >= 4 is 27.6 Å². The summed E-state index contributed by atoms with van der Waals surface area (Å²) in [7, 11) is 0. The fourth-order valence-electron chi connectivity index (χ4n) is 3.79. The number of nitrogens with one attached hydrogen (secondary N) is 1. The molecule has 1 aromatic carbocycles. The normalized spacial score (nSPS) is 14.5. The van der Waals surface area contributed by atoms with Gasteiger partial charge in [0.2, 0.25) is 0 Å². The zero-order valence-corrected chi connectivity index (χ0v) is 16.4. The van der Waals surface area contributed by atoms with Gasteiger partial charge in [-0.25, -0.2) is 4.98 Å². The molecule has 1 aliphatic carbocycles. The molecule has 4 nitrogen and oxygen atoms in total. The summed E-state index contributed by atoms with van der Waals surface area (Å²) in [5, 5.41) is 7.63. The molecule has 4 aromatic rings. The predicted octanol–water partition coefficient (Wildman–Crippen LogP) is 4.19. The van der Waals surface area contributed by atoms with Crippen LogP contribution in [0.2, 0.25) is 0 Å². The van der Waals surface area contributed by atoms with Crippen molar-refractivity contribution < 1.29 is 0 Å². The lowest BCUT2D eigenvalue weighted by molar-refractivity contribution is 0.604. The quantitative estimate of drug-likeness (QED) is 0.553. The molecule has 0 radical (unpaired) electrons. The molecule has 1 N–H and O–H groups in total. The molecule has 1 aliphatic rings. The average Bonchev–Trinajstić information content (AvgIpc) is 3.43. The molecule has 0 spiro atoms. The Hall–Kier alpha value is -2.28. The number of rotatable bonds is 5. The first-order valence-electron chi connectivity index (χ1n) is 9.12. The van der Waals surface area contributed by atoms with Crippen LogP contribution in [0.15, 0.2) is 58.1 Å². The van der Waals surface area contributed by atoms with Crippen LogP contribution in [0.1, 0.15) is 39.7 Å². The van der Waals surface area contributed by atoms with Gasteiger partial charge in [0, 0.05) is 29.1 Å². The molecule has 1 unspecified atom stereocenters. The number of thiophene rings is 1. The van der Waals surface area contributed by atoms with Crippen LogP contribution in [0.25, 0.3) is 4.96 Å². The maximum atomic E-state index is 12.2. The van der Waals surface area contributed by atoms with Crippen LogP contribution in [-0.2, 0) is 19.4 Å². The SMILES string of the molecule is O=c1cc(CNC(c2ccc3c(c2)CCC3)c2cccs2)nc2sccn12. The molecule has 0 saturated carbocycles. The molecule has 3 aromatic heterocycles. The van der Waals surface area contributed by atoms with E-state index in [0.717, 1.165) is 10.7 Å². The number of aryl methyl sites for hydroxylation is 2. The van der Waals surface area contributed by atoms with E-state index in [2.05, 4.69) is 46.0 Å². The molecule has 0 saturated heterocycles. The van der Waals surface area contributed by atoms with Gasteiger partial charge in [-0.3, -0.25) is 14.5 Å². The Morgan fingerprint density at radius 1 is 1.11 bits per heavy atom. The van der Waals surface area contributed by atoms with E-state index in [1.54, 1.807) is 28.0 Å². The molecule has 136 valence electrons. The highest BCUT2D eigenvalue weighted by atomic mass is 32.1. The Morgan fingerprint density at radius 2 is 2.04 bits per heavy atom. The molecule has 0 bridgehead atoms. The van der Waals surface area contributed by atoms with E-state index in [4.69, 9.17) is 0 Å². The van der Waals surface area contributed by atoms with Gasteiger partial charge in [-0.1, -0.05) is 24.3 Å². The Labute approximate surface area is 165 Å². The summed E-state index contributed by atoms with van der Waals surface area (Å²) >= 11 is 3.24. The van der Waals surface area contributed by atoms with E-state index in [1.807, 2.05) is 5.38 Å². The molecular formula is C21H19N3OS2. The molecule has 1 atom stereocenters. The standard InChI is InChI=1S/C21H19N3OS2/c25-19-12-17(23-21-24(19)8-10-27-21)13-22-20(18-5-2-9-26-18)16-7-6-14-3-1-4-15(14)11-16/h2,5-12,20,22H,1,3-4,13H2. The van der Waals surface area contributed by atoms with Crippen molar-refractivity contribution in [2.24, 2.45) is 0 Å². The van der Waals surface area contributed by atoms with Crippen LogP contribution >= 0.6 is 22.7 Å². The minimum absolute atomic E-state index is 0.0248. The van der Waals surface area contributed by atoms with Crippen molar-refractivity contribution in [1.82, 2.24) is 14.7 Å². The molecular weight excluding hydrogens is 374 g/mol. The van der Waals surface area contributed by atoms with Gasteiger partial charge < -0.3 is 0 Å². The zero-order valence-electron chi connectivity index (χ0n) is 14.7. The van der Waals surface area contributed by atoms with E-state index < -0.39 is 0 Å². The summed E-state index contributed by atoms with van der Waals surface area (Å²) in [5.74, 6) is 0. The number of benzene rings is 1. The molecule has 0 amide bonds. The Bertz CT molecular complexity index is 1140. The fraction of sp³-hybridized carbons (Fsp3) is 0.238. The number of nitrogens with zero attached hydrogens (tertiary/aromatic N) is 2. The summed E-state index contributed by atoms with van der Waals surface area (Å²) in [6.07, 6.45) is 5.39. The summed E-state index contributed by atoms with van der Waals surface area (Å²) in [6, 6.07) is 12.9. The minimum Gasteiger partial charge on any atom is -0.300 e. The topological polar surface area (TPSA) is 46.4 Å². The van der Waals surface area contributed by atoms with Crippen molar-refractivity contribution in [3.05, 3.63) is 91.0 Å². The van der Waals surface area contributed by atoms with E-state index >= 15 is 0 Å². The number of hydrogen-bond acceptors (Lipinski definition) is 5. The minimum atomic E-state index is -0.0248. The maximum absolute atomic E-state index is 12.2. The second kappa shape index (κ2) is 7.03. The van der Waals surface area contributed by atoms with E-state index in [9.17, 15) is 4.79 Å². The van der Waals surface area contributed by atoms with Crippen LogP contribution < -0.4 is 10.9 Å². The van der Waals surface area contributed by atoms with E-state index in [1.165, 1.54) is 52.2 Å². The Kier molecular flexibility index (Phi) is 4.39. The summed E-state index contributed by atoms with van der Waals surface area (Å²) in [6.45, 7) is 0.559. The molecule has 6 heteroatoms. The average molecular weight is 394 g/mol.